The predicted octanol–water partition coefficient (Wildman–Crippen LogP) is 5.57. The zero-order chi connectivity index (χ0) is 18.5. The zero-order valence-corrected chi connectivity index (χ0v) is 16.6. The second-order valence-corrected chi connectivity index (χ2v) is 7.84. The topological polar surface area (TPSA) is 49.8 Å². The van der Waals surface area contributed by atoms with Crippen molar-refractivity contribution in [1.29, 1.82) is 0 Å². The lowest BCUT2D eigenvalue weighted by Crippen LogP contribution is -2.24. The van der Waals surface area contributed by atoms with Gasteiger partial charge in [-0.1, -0.05) is 57.4 Å². The summed E-state index contributed by atoms with van der Waals surface area (Å²) in [6.45, 7) is 9.35. The van der Waals surface area contributed by atoms with Crippen molar-refractivity contribution in [2.24, 2.45) is 0 Å². The quantitative estimate of drug-likeness (QED) is 0.713. The Labute approximate surface area is 157 Å². The third-order valence-electron chi connectivity index (χ3n) is 5.43. The number of nitrogens with zero attached hydrogens (tertiary/aromatic N) is 2. The lowest BCUT2D eigenvalue weighted by molar-refractivity contribution is 0.461. The van der Waals surface area contributed by atoms with E-state index in [-0.39, 0.29) is 0 Å². The molecule has 140 valence electrons. The molecule has 1 aliphatic carbocycles. The van der Waals surface area contributed by atoms with Crippen LogP contribution in [0.15, 0.2) is 24.3 Å². The van der Waals surface area contributed by atoms with Crippen LogP contribution in [0.5, 0.6) is 0 Å². The van der Waals surface area contributed by atoms with Crippen LogP contribution in [0.4, 0.5) is 11.8 Å². The first-order chi connectivity index (χ1) is 12.5. The summed E-state index contributed by atoms with van der Waals surface area (Å²) in [6.07, 6.45) is 6.49. The average molecular weight is 353 g/mol. The van der Waals surface area contributed by atoms with Crippen molar-refractivity contribution < 1.29 is 0 Å². The third kappa shape index (κ3) is 4.75. The number of aromatic nitrogens is 2. The van der Waals surface area contributed by atoms with E-state index >= 15 is 0 Å². The van der Waals surface area contributed by atoms with E-state index < -0.39 is 0 Å². The third-order valence-corrected chi connectivity index (χ3v) is 5.43. The highest BCUT2D eigenvalue weighted by Gasteiger charge is 2.16. The summed E-state index contributed by atoms with van der Waals surface area (Å²) >= 11 is 0. The fourth-order valence-corrected chi connectivity index (χ4v) is 3.49. The molecule has 0 radical (unpaired) electrons. The van der Waals surface area contributed by atoms with Gasteiger partial charge in [-0.2, -0.15) is 4.98 Å². The molecule has 1 aliphatic rings. The van der Waals surface area contributed by atoms with Crippen LogP contribution in [0.3, 0.4) is 0 Å². The summed E-state index contributed by atoms with van der Waals surface area (Å²) in [6, 6.07) is 9.33. The van der Waals surface area contributed by atoms with Gasteiger partial charge in [-0.15, -0.1) is 0 Å². The molecule has 0 atom stereocenters. The number of anilines is 2. The standard InChI is InChI=1S/C22H32N4/c1-15(2)19-12-10-18(11-13-19)14-23-22-24-17(4)16(3)21(26-22)25-20-8-6-5-7-9-20/h10-13,15,20H,5-9,14H2,1-4H3,(H2,23,24,25,26). The van der Waals surface area contributed by atoms with Gasteiger partial charge in [0.05, 0.1) is 0 Å². The Balaban J connectivity index is 1.67. The smallest absolute Gasteiger partial charge is 0.225 e. The normalized spacial score (nSPS) is 15.3. The lowest BCUT2D eigenvalue weighted by Gasteiger charge is -2.24. The van der Waals surface area contributed by atoms with Crippen molar-refractivity contribution in [2.45, 2.75) is 78.3 Å². The summed E-state index contributed by atoms with van der Waals surface area (Å²) in [7, 11) is 0. The van der Waals surface area contributed by atoms with Gasteiger partial charge in [0, 0.05) is 23.8 Å². The molecule has 0 aliphatic heterocycles. The summed E-state index contributed by atoms with van der Waals surface area (Å²) in [5.41, 5.74) is 4.81. The number of aryl methyl sites for hydroxylation is 1. The number of hydrogen-bond donors (Lipinski definition) is 2. The molecule has 0 spiro atoms. The molecule has 1 fully saturated rings. The van der Waals surface area contributed by atoms with Gasteiger partial charge in [-0.05, 0) is 43.7 Å². The minimum Gasteiger partial charge on any atom is -0.367 e. The molecule has 0 bridgehead atoms. The molecular formula is C22H32N4. The van der Waals surface area contributed by atoms with E-state index in [4.69, 9.17) is 4.98 Å². The van der Waals surface area contributed by atoms with Crippen LogP contribution in [0.1, 0.15) is 74.3 Å². The summed E-state index contributed by atoms with van der Waals surface area (Å²) in [5, 5.41) is 7.05. The van der Waals surface area contributed by atoms with Gasteiger partial charge in [-0.25, -0.2) is 4.98 Å². The zero-order valence-electron chi connectivity index (χ0n) is 16.6. The van der Waals surface area contributed by atoms with Crippen molar-refractivity contribution in [2.75, 3.05) is 10.6 Å². The lowest BCUT2D eigenvalue weighted by atomic mass is 9.95. The maximum absolute atomic E-state index is 4.75. The second-order valence-electron chi connectivity index (χ2n) is 7.84. The first-order valence-corrected chi connectivity index (χ1v) is 9.97. The highest BCUT2D eigenvalue weighted by Crippen LogP contribution is 2.24. The maximum atomic E-state index is 4.75. The number of nitrogens with one attached hydrogen (secondary N) is 2. The average Bonchev–Trinajstić information content (AvgIpc) is 2.65. The molecule has 1 aromatic carbocycles. The minimum atomic E-state index is 0.549. The fourth-order valence-electron chi connectivity index (χ4n) is 3.49. The molecule has 1 saturated carbocycles. The Morgan fingerprint density at radius 2 is 1.69 bits per heavy atom. The Morgan fingerprint density at radius 1 is 1.00 bits per heavy atom. The van der Waals surface area contributed by atoms with Crippen LogP contribution in [-0.2, 0) is 6.54 Å². The number of benzene rings is 1. The van der Waals surface area contributed by atoms with Crippen LogP contribution < -0.4 is 10.6 Å². The van der Waals surface area contributed by atoms with E-state index in [1.165, 1.54) is 43.2 Å². The summed E-state index contributed by atoms with van der Waals surface area (Å²) in [4.78, 5) is 9.38. The molecule has 0 saturated heterocycles. The highest BCUT2D eigenvalue weighted by atomic mass is 15.1. The van der Waals surface area contributed by atoms with Crippen molar-refractivity contribution in [3.8, 4) is 0 Å². The van der Waals surface area contributed by atoms with Crippen molar-refractivity contribution in [3.63, 3.8) is 0 Å². The Hall–Kier alpha value is -2.10. The fraction of sp³-hybridized carbons (Fsp3) is 0.545. The second kappa shape index (κ2) is 8.52. The molecule has 1 heterocycles. The van der Waals surface area contributed by atoms with Gasteiger partial charge in [0.2, 0.25) is 5.95 Å². The summed E-state index contributed by atoms with van der Waals surface area (Å²) < 4.78 is 0. The van der Waals surface area contributed by atoms with E-state index in [9.17, 15) is 0 Å². The van der Waals surface area contributed by atoms with Gasteiger partial charge in [0.15, 0.2) is 0 Å². The van der Waals surface area contributed by atoms with Crippen molar-refractivity contribution in [3.05, 3.63) is 46.6 Å². The van der Waals surface area contributed by atoms with E-state index in [2.05, 4.69) is 67.6 Å². The van der Waals surface area contributed by atoms with Crippen LogP contribution in [0.25, 0.3) is 0 Å². The molecular weight excluding hydrogens is 320 g/mol. The van der Waals surface area contributed by atoms with Gasteiger partial charge >= 0.3 is 0 Å². The van der Waals surface area contributed by atoms with Crippen LogP contribution in [0.2, 0.25) is 0 Å². The van der Waals surface area contributed by atoms with Crippen molar-refractivity contribution in [1.82, 2.24) is 9.97 Å². The first-order valence-electron chi connectivity index (χ1n) is 9.97. The minimum absolute atomic E-state index is 0.549. The molecule has 26 heavy (non-hydrogen) atoms. The molecule has 0 amide bonds. The Bertz CT molecular complexity index is 716. The van der Waals surface area contributed by atoms with Crippen LogP contribution in [0, 0.1) is 13.8 Å². The predicted molar refractivity (Wildman–Crippen MR) is 110 cm³/mol. The Morgan fingerprint density at radius 3 is 2.35 bits per heavy atom. The summed E-state index contributed by atoms with van der Waals surface area (Å²) in [5.74, 6) is 2.26. The van der Waals surface area contributed by atoms with Gasteiger partial charge in [-0.3, -0.25) is 0 Å². The molecule has 2 aromatic rings. The van der Waals surface area contributed by atoms with Crippen LogP contribution >= 0.6 is 0 Å². The number of rotatable bonds is 6. The molecule has 2 N–H and O–H groups in total. The van der Waals surface area contributed by atoms with E-state index in [0.717, 1.165) is 23.6 Å². The molecule has 3 rings (SSSR count). The number of hydrogen-bond acceptors (Lipinski definition) is 4. The Kier molecular flexibility index (Phi) is 6.12. The largest absolute Gasteiger partial charge is 0.367 e. The first kappa shape index (κ1) is 18.7. The highest BCUT2D eigenvalue weighted by molar-refractivity contribution is 5.50. The SMILES string of the molecule is Cc1nc(NCc2ccc(C(C)C)cc2)nc(NC2CCCCC2)c1C. The van der Waals surface area contributed by atoms with E-state index in [1.807, 2.05) is 0 Å². The van der Waals surface area contributed by atoms with Crippen molar-refractivity contribution >= 4 is 11.8 Å². The molecule has 1 aromatic heterocycles. The monoisotopic (exact) mass is 352 g/mol. The molecule has 4 heteroatoms. The van der Waals surface area contributed by atoms with E-state index in [0.29, 0.717) is 17.9 Å². The van der Waals surface area contributed by atoms with Gasteiger partial charge < -0.3 is 10.6 Å². The van der Waals surface area contributed by atoms with Gasteiger partial charge in [0.1, 0.15) is 5.82 Å². The maximum Gasteiger partial charge on any atom is 0.225 e. The molecule has 4 nitrogen and oxygen atoms in total. The van der Waals surface area contributed by atoms with Crippen LogP contribution in [-0.4, -0.2) is 16.0 Å². The molecule has 0 unspecified atom stereocenters. The van der Waals surface area contributed by atoms with Gasteiger partial charge in [0.25, 0.3) is 0 Å². The van der Waals surface area contributed by atoms with E-state index in [1.54, 1.807) is 0 Å².